The number of carbonyl (C=O) groups is 3. The van der Waals surface area contributed by atoms with Gasteiger partial charge in [0.1, 0.15) is 13.2 Å². The molecule has 0 amide bonds. The first-order valence-corrected chi connectivity index (χ1v) is 28.8. The molecule has 6 heteroatoms. The van der Waals surface area contributed by atoms with E-state index in [1.165, 1.54) is 116 Å². The van der Waals surface area contributed by atoms with Crippen LogP contribution >= 0.6 is 0 Å². The smallest absolute Gasteiger partial charge is 0.306 e. The van der Waals surface area contributed by atoms with Crippen LogP contribution in [0.5, 0.6) is 0 Å². The van der Waals surface area contributed by atoms with Gasteiger partial charge in [-0.15, -0.1) is 0 Å². The zero-order valence-electron chi connectivity index (χ0n) is 45.0. The maximum atomic E-state index is 12.9. The van der Waals surface area contributed by atoms with Gasteiger partial charge in [-0.2, -0.15) is 0 Å². The number of hydrogen-bond acceptors (Lipinski definition) is 6. The zero-order chi connectivity index (χ0) is 50.0. The summed E-state index contributed by atoms with van der Waals surface area (Å²) in [6.45, 7) is 6.43. The van der Waals surface area contributed by atoms with Crippen LogP contribution in [-0.2, 0) is 28.6 Å². The lowest BCUT2D eigenvalue weighted by molar-refractivity contribution is -0.167. The number of hydrogen-bond donors (Lipinski definition) is 0. The molecule has 0 saturated heterocycles. The van der Waals surface area contributed by atoms with E-state index in [2.05, 4.69) is 93.7 Å². The molecule has 394 valence electrons. The van der Waals surface area contributed by atoms with Crippen LogP contribution in [0.1, 0.15) is 265 Å². The molecule has 0 saturated carbocycles. The maximum Gasteiger partial charge on any atom is 0.306 e. The molecule has 0 aromatic rings. The standard InChI is InChI=1S/C63H106O6/c1-4-7-10-13-16-19-22-25-28-31-33-35-38-41-44-47-50-53-56-62(65)68-59-60(58-67-61(64)55-52-49-46-43-40-37-34-30-27-24-21-18-15-12-9-6-3)69-63(66)57-54-51-48-45-42-39-36-32-29-26-23-20-17-14-11-8-5-2/h9-10,12-13,16,18-19,21-22,25,27-28,30-31,33,35,60H,4-8,11,14-15,17,20,23-24,26,29,32,34,36-59H2,1-3H3/b12-9-,13-10-,19-16-,21-18-,25-22-,30-27-,31-28-,35-33-. The highest BCUT2D eigenvalue weighted by atomic mass is 16.6. The van der Waals surface area contributed by atoms with Crippen LogP contribution in [0.3, 0.4) is 0 Å². The van der Waals surface area contributed by atoms with Gasteiger partial charge in [-0.25, -0.2) is 0 Å². The third-order valence-electron chi connectivity index (χ3n) is 12.2. The molecule has 0 aromatic carbocycles. The monoisotopic (exact) mass is 959 g/mol. The Labute approximate surface area is 426 Å². The van der Waals surface area contributed by atoms with Crippen LogP contribution < -0.4 is 0 Å². The Morgan fingerprint density at radius 1 is 0.319 bits per heavy atom. The van der Waals surface area contributed by atoms with Gasteiger partial charge >= 0.3 is 17.9 Å². The summed E-state index contributed by atoms with van der Waals surface area (Å²) in [6, 6.07) is 0. The minimum Gasteiger partial charge on any atom is -0.462 e. The molecular formula is C63H106O6. The van der Waals surface area contributed by atoms with Gasteiger partial charge in [0.05, 0.1) is 0 Å². The highest BCUT2D eigenvalue weighted by Crippen LogP contribution is 2.16. The number of unbranched alkanes of at least 4 members (excludes halogenated alkanes) is 28. The highest BCUT2D eigenvalue weighted by Gasteiger charge is 2.19. The molecule has 0 fully saturated rings. The van der Waals surface area contributed by atoms with E-state index in [1.54, 1.807) is 0 Å². The molecule has 0 aliphatic rings. The fourth-order valence-electron chi connectivity index (χ4n) is 7.90. The van der Waals surface area contributed by atoms with E-state index in [-0.39, 0.29) is 31.1 Å². The summed E-state index contributed by atoms with van der Waals surface area (Å²) in [6.07, 6.45) is 75.3. The summed E-state index contributed by atoms with van der Waals surface area (Å²) in [7, 11) is 0. The van der Waals surface area contributed by atoms with Crippen LogP contribution in [-0.4, -0.2) is 37.2 Å². The first-order chi connectivity index (χ1) is 34.0. The van der Waals surface area contributed by atoms with Crippen LogP contribution in [0.15, 0.2) is 97.2 Å². The van der Waals surface area contributed by atoms with Gasteiger partial charge in [-0.3, -0.25) is 14.4 Å². The fraction of sp³-hybridized carbons (Fsp3) is 0.698. The lowest BCUT2D eigenvalue weighted by Crippen LogP contribution is -2.30. The molecule has 0 spiro atoms. The summed E-state index contributed by atoms with van der Waals surface area (Å²) >= 11 is 0. The Kier molecular flexibility index (Phi) is 53.9. The molecule has 1 atom stereocenters. The third kappa shape index (κ3) is 55.1. The predicted octanol–water partition coefficient (Wildman–Crippen LogP) is 19.3. The number of carbonyl (C=O) groups excluding carboxylic acids is 3. The van der Waals surface area contributed by atoms with E-state index < -0.39 is 6.10 Å². The van der Waals surface area contributed by atoms with Crippen molar-refractivity contribution in [1.29, 1.82) is 0 Å². The minimum absolute atomic E-state index is 0.0919. The molecule has 1 unspecified atom stereocenters. The molecular weight excluding hydrogens is 853 g/mol. The van der Waals surface area contributed by atoms with Gasteiger partial charge in [-0.05, 0) is 70.6 Å². The molecule has 0 aliphatic heterocycles. The van der Waals surface area contributed by atoms with Gasteiger partial charge in [0.15, 0.2) is 6.10 Å². The van der Waals surface area contributed by atoms with Crippen molar-refractivity contribution in [2.45, 2.75) is 271 Å². The van der Waals surface area contributed by atoms with Crippen molar-refractivity contribution in [3.63, 3.8) is 0 Å². The maximum absolute atomic E-state index is 12.9. The first-order valence-electron chi connectivity index (χ1n) is 28.8. The summed E-state index contributed by atoms with van der Waals surface area (Å²) < 4.78 is 16.9. The van der Waals surface area contributed by atoms with Gasteiger partial charge in [0.2, 0.25) is 0 Å². The average Bonchev–Trinajstić information content (AvgIpc) is 3.35. The van der Waals surface area contributed by atoms with E-state index in [0.717, 1.165) is 109 Å². The van der Waals surface area contributed by atoms with Crippen molar-refractivity contribution >= 4 is 17.9 Å². The van der Waals surface area contributed by atoms with E-state index in [9.17, 15) is 14.4 Å². The Morgan fingerprint density at radius 2 is 0.652 bits per heavy atom. The van der Waals surface area contributed by atoms with Crippen molar-refractivity contribution in [1.82, 2.24) is 0 Å². The summed E-state index contributed by atoms with van der Waals surface area (Å²) in [4.78, 5) is 38.2. The number of esters is 3. The third-order valence-corrected chi connectivity index (χ3v) is 12.2. The molecule has 0 aliphatic carbocycles. The Balaban J connectivity index is 4.45. The van der Waals surface area contributed by atoms with Crippen molar-refractivity contribution < 1.29 is 28.6 Å². The highest BCUT2D eigenvalue weighted by molar-refractivity contribution is 5.71. The lowest BCUT2D eigenvalue weighted by atomic mass is 10.0. The fourth-order valence-corrected chi connectivity index (χ4v) is 7.90. The van der Waals surface area contributed by atoms with E-state index in [0.29, 0.717) is 19.3 Å². The van der Waals surface area contributed by atoms with E-state index in [1.807, 2.05) is 24.3 Å². The molecule has 6 nitrogen and oxygen atoms in total. The predicted molar refractivity (Wildman–Crippen MR) is 297 cm³/mol. The van der Waals surface area contributed by atoms with Crippen molar-refractivity contribution in [3.8, 4) is 0 Å². The van der Waals surface area contributed by atoms with Crippen LogP contribution in [0.4, 0.5) is 0 Å². The Hall–Kier alpha value is -3.67. The quantitative estimate of drug-likeness (QED) is 0.0199. The zero-order valence-corrected chi connectivity index (χ0v) is 45.0. The van der Waals surface area contributed by atoms with Gasteiger partial charge < -0.3 is 14.2 Å². The van der Waals surface area contributed by atoms with Gasteiger partial charge in [0, 0.05) is 19.3 Å². The molecule has 0 aromatic heterocycles. The molecule has 0 radical (unpaired) electrons. The van der Waals surface area contributed by atoms with Crippen LogP contribution in [0.25, 0.3) is 0 Å². The molecule has 69 heavy (non-hydrogen) atoms. The molecule has 0 rings (SSSR count). The largest absolute Gasteiger partial charge is 0.462 e. The number of allylic oxidation sites excluding steroid dienone is 16. The molecule has 0 bridgehead atoms. The topological polar surface area (TPSA) is 78.9 Å². The summed E-state index contributed by atoms with van der Waals surface area (Å²) in [5, 5.41) is 0. The molecule has 0 heterocycles. The Morgan fingerprint density at radius 3 is 1.07 bits per heavy atom. The van der Waals surface area contributed by atoms with Gasteiger partial charge in [-0.1, -0.05) is 272 Å². The first kappa shape index (κ1) is 65.3. The van der Waals surface area contributed by atoms with Crippen molar-refractivity contribution in [3.05, 3.63) is 97.2 Å². The second-order valence-corrected chi connectivity index (χ2v) is 18.9. The van der Waals surface area contributed by atoms with Crippen LogP contribution in [0.2, 0.25) is 0 Å². The van der Waals surface area contributed by atoms with Crippen molar-refractivity contribution in [2.24, 2.45) is 0 Å². The summed E-state index contributed by atoms with van der Waals surface area (Å²) in [5.74, 6) is -0.922. The van der Waals surface area contributed by atoms with Crippen LogP contribution in [0, 0.1) is 0 Å². The number of rotatable bonds is 51. The normalized spacial score (nSPS) is 12.8. The second-order valence-electron chi connectivity index (χ2n) is 18.9. The van der Waals surface area contributed by atoms with Crippen molar-refractivity contribution in [2.75, 3.05) is 13.2 Å². The van der Waals surface area contributed by atoms with E-state index >= 15 is 0 Å². The van der Waals surface area contributed by atoms with E-state index in [4.69, 9.17) is 14.2 Å². The minimum atomic E-state index is -0.794. The molecule has 0 N–H and O–H groups in total. The average molecular weight is 960 g/mol. The second kappa shape index (κ2) is 56.9. The lowest BCUT2D eigenvalue weighted by Gasteiger charge is -2.18. The summed E-state index contributed by atoms with van der Waals surface area (Å²) in [5.41, 5.74) is 0. The Bertz CT molecular complexity index is 1380. The van der Waals surface area contributed by atoms with Gasteiger partial charge in [0.25, 0.3) is 0 Å². The number of ether oxygens (including phenoxy) is 3. The SMILES string of the molecule is CC/C=C\C/C=C\C/C=C\CCCCCCCCC(=O)OCC(COC(=O)CCCCCCC\C=C/C=C\C=C/C=C\C=C/CCC)OC(=O)CCCCCCCCCCCCCCCCCCC.